The molecule has 7 heteroatoms. The maximum absolute atomic E-state index is 12.5. The quantitative estimate of drug-likeness (QED) is 0.779. The molecule has 0 saturated carbocycles. The summed E-state index contributed by atoms with van der Waals surface area (Å²) >= 11 is 0. The number of likely N-dealkylation sites (N-methyl/N-ethyl adjacent to an activating group) is 1. The average Bonchev–Trinajstić information content (AvgIpc) is 2.58. The summed E-state index contributed by atoms with van der Waals surface area (Å²) in [5, 5.41) is 2.69. The van der Waals surface area contributed by atoms with Gasteiger partial charge in [-0.1, -0.05) is 0 Å². The highest BCUT2D eigenvalue weighted by molar-refractivity contribution is 5.98. The second kappa shape index (κ2) is 8.44. The van der Waals surface area contributed by atoms with Gasteiger partial charge in [-0.15, -0.1) is 0 Å². The molecule has 1 heterocycles. The molecule has 1 aromatic rings. The Balaban J connectivity index is 2.04. The molecular weight excluding hydrogens is 313 g/mol. The fourth-order valence-corrected chi connectivity index (χ4v) is 2.49. The first-order chi connectivity index (χ1) is 11.6. The van der Waals surface area contributed by atoms with Gasteiger partial charge in [-0.2, -0.15) is 0 Å². The smallest absolute Gasteiger partial charge is 0.254 e. The lowest BCUT2D eigenvalue weighted by Crippen LogP contribution is -2.44. The molecule has 0 atom stereocenters. The van der Waals surface area contributed by atoms with E-state index in [9.17, 15) is 14.0 Å². The van der Waals surface area contributed by atoms with Crippen LogP contribution in [0.25, 0.3) is 0 Å². The number of nitrogens with two attached hydrogens (primary N) is 1. The molecule has 0 aliphatic carbocycles. The molecule has 0 fully saturated rings. The Morgan fingerprint density at radius 1 is 1.50 bits per heavy atom. The van der Waals surface area contributed by atoms with Crippen LogP contribution in [0.1, 0.15) is 22.8 Å². The zero-order valence-electron chi connectivity index (χ0n) is 13.7. The van der Waals surface area contributed by atoms with Crippen LogP contribution in [0.4, 0.5) is 4.39 Å². The van der Waals surface area contributed by atoms with E-state index in [1.165, 1.54) is 4.90 Å². The van der Waals surface area contributed by atoms with Crippen LogP contribution >= 0.6 is 0 Å². The van der Waals surface area contributed by atoms with Crippen molar-refractivity contribution >= 4 is 11.8 Å². The van der Waals surface area contributed by atoms with Crippen molar-refractivity contribution in [1.29, 1.82) is 0 Å². The molecule has 3 N–H and O–H groups in total. The summed E-state index contributed by atoms with van der Waals surface area (Å²) in [6.07, 6.45) is 1.08. The van der Waals surface area contributed by atoms with Crippen molar-refractivity contribution in [3.8, 4) is 5.75 Å². The Bertz CT molecular complexity index is 646. The Morgan fingerprint density at radius 3 is 2.96 bits per heavy atom. The minimum atomic E-state index is -0.166. The molecule has 6 nitrogen and oxygen atoms in total. The summed E-state index contributed by atoms with van der Waals surface area (Å²) in [6.45, 7) is 3.07. The summed E-state index contributed by atoms with van der Waals surface area (Å²) in [7, 11) is 0. The summed E-state index contributed by atoms with van der Waals surface area (Å²) < 4.78 is 18.0. The number of ether oxygens (including phenoxy) is 1. The van der Waals surface area contributed by atoms with Crippen molar-refractivity contribution in [3.05, 3.63) is 41.2 Å². The number of amides is 2. The standard InChI is InChI=1S/C17H22FN3O3/c1-2-20-16(22)10-21-6-5-13-7-14(3-4-15(13)17(21)23)24-11-12(8-18)9-19/h3-4,7-8H,2,5-6,9-11,19H2,1H3,(H,20,22)/b12-8-. The third-order valence-corrected chi connectivity index (χ3v) is 3.79. The Kier molecular flexibility index (Phi) is 6.31. The maximum Gasteiger partial charge on any atom is 0.254 e. The van der Waals surface area contributed by atoms with Crippen molar-refractivity contribution in [1.82, 2.24) is 10.2 Å². The van der Waals surface area contributed by atoms with Crippen molar-refractivity contribution < 1.29 is 18.7 Å². The molecule has 0 saturated heterocycles. The van der Waals surface area contributed by atoms with Gasteiger partial charge in [0.05, 0.1) is 12.9 Å². The second-order valence-corrected chi connectivity index (χ2v) is 5.51. The summed E-state index contributed by atoms with van der Waals surface area (Å²) in [4.78, 5) is 25.6. The average molecular weight is 335 g/mol. The van der Waals surface area contributed by atoms with E-state index in [4.69, 9.17) is 10.5 Å². The molecule has 1 aliphatic rings. The predicted octanol–water partition coefficient (Wildman–Crippen LogP) is 1.01. The van der Waals surface area contributed by atoms with Crippen LogP contribution in [0.2, 0.25) is 0 Å². The Labute approximate surface area is 140 Å². The first kappa shape index (κ1) is 17.9. The van der Waals surface area contributed by atoms with Crippen LogP contribution < -0.4 is 15.8 Å². The van der Waals surface area contributed by atoms with Gasteiger partial charge in [-0.3, -0.25) is 9.59 Å². The molecule has 24 heavy (non-hydrogen) atoms. The molecule has 0 bridgehead atoms. The SMILES string of the molecule is CCNC(=O)CN1CCc2cc(OC/C(=C\F)CN)ccc2C1=O. The van der Waals surface area contributed by atoms with Gasteiger partial charge < -0.3 is 20.7 Å². The molecule has 0 unspecified atom stereocenters. The third-order valence-electron chi connectivity index (χ3n) is 3.79. The molecule has 0 radical (unpaired) electrons. The van der Waals surface area contributed by atoms with E-state index >= 15 is 0 Å². The molecule has 0 spiro atoms. The molecule has 0 aromatic heterocycles. The Morgan fingerprint density at radius 2 is 2.29 bits per heavy atom. The van der Waals surface area contributed by atoms with Crippen molar-refractivity contribution in [3.63, 3.8) is 0 Å². The third kappa shape index (κ3) is 4.32. The summed E-state index contributed by atoms with van der Waals surface area (Å²) in [5.74, 6) is 0.230. The molecule has 2 rings (SSSR count). The summed E-state index contributed by atoms with van der Waals surface area (Å²) in [6, 6.07) is 5.12. The number of carbonyl (C=O) groups excluding carboxylic acids is 2. The fraction of sp³-hybridized carbons (Fsp3) is 0.412. The zero-order valence-corrected chi connectivity index (χ0v) is 13.7. The van der Waals surface area contributed by atoms with Crippen molar-refractivity contribution in [2.75, 3.05) is 32.8 Å². The topological polar surface area (TPSA) is 84.7 Å². The molecule has 2 amide bonds. The van der Waals surface area contributed by atoms with Crippen LogP contribution in [0, 0.1) is 0 Å². The van der Waals surface area contributed by atoms with E-state index in [-0.39, 0.29) is 31.5 Å². The number of rotatable bonds is 7. The normalized spacial score (nSPS) is 14.4. The van der Waals surface area contributed by atoms with Crippen LogP contribution in [0.3, 0.4) is 0 Å². The highest BCUT2D eigenvalue weighted by Gasteiger charge is 2.26. The first-order valence-corrected chi connectivity index (χ1v) is 7.89. The number of hydrogen-bond acceptors (Lipinski definition) is 4. The van der Waals surface area contributed by atoms with Crippen LogP contribution in [0.15, 0.2) is 30.1 Å². The van der Waals surface area contributed by atoms with E-state index in [1.54, 1.807) is 18.2 Å². The molecule has 1 aromatic carbocycles. The predicted molar refractivity (Wildman–Crippen MR) is 88.5 cm³/mol. The van der Waals surface area contributed by atoms with Crippen molar-refractivity contribution in [2.24, 2.45) is 5.73 Å². The first-order valence-electron chi connectivity index (χ1n) is 7.89. The highest BCUT2D eigenvalue weighted by Crippen LogP contribution is 2.24. The minimum absolute atomic E-state index is 0.0610. The van der Waals surface area contributed by atoms with Crippen LogP contribution in [0.5, 0.6) is 5.75 Å². The lowest BCUT2D eigenvalue weighted by molar-refractivity contribution is -0.121. The van der Waals surface area contributed by atoms with Crippen LogP contribution in [-0.4, -0.2) is 49.5 Å². The van der Waals surface area contributed by atoms with Gasteiger partial charge >= 0.3 is 0 Å². The van der Waals surface area contributed by atoms with Gasteiger partial charge in [0.25, 0.3) is 5.91 Å². The fourth-order valence-electron chi connectivity index (χ4n) is 2.49. The number of carbonyl (C=O) groups is 2. The van der Waals surface area contributed by atoms with E-state index in [0.29, 0.717) is 42.7 Å². The van der Waals surface area contributed by atoms with Gasteiger partial charge in [0.2, 0.25) is 5.91 Å². The largest absolute Gasteiger partial charge is 0.489 e. The van der Waals surface area contributed by atoms with Gasteiger partial charge in [0.1, 0.15) is 12.4 Å². The lowest BCUT2D eigenvalue weighted by atomic mass is 9.98. The number of benzene rings is 1. The minimum Gasteiger partial charge on any atom is -0.489 e. The lowest BCUT2D eigenvalue weighted by Gasteiger charge is -2.28. The van der Waals surface area contributed by atoms with Gasteiger partial charge in [0, 0.05) is 30.8 Å². The van der Waals surface area contributed by atoms with E-state index in [2.05, 4.69) is 5.32 Å². The van der Waals surface area contributed by atoms with E-state index in [0.717, 1.165) is 5.56 Å². The molecular formula is C17H22FN3O3. The number of nitrogens with one attached hydrogen (secondary N) is 1. The van der Waals surface area contributed by atoms with Crippen molar-refractivity contribution in [2.45, 2.75) is 13.3 Å². The number of fused-ring (bicyclic) bond motifs is 1. The highest BCUT2D eigenvalue weighted by atomic mass is 19.1. The maximum atomic E-state index is 12.5. The van der Waals surface area contributed by atoms with Gasteiger partial charge in [-0.05, 0) is 37.1 Å². The van der Waals surface area contributed by atoms with Gasteiger partial charge in [-0.25, -0.2) is 4.39 Å². The zero-order chi connectivity index (χ0) is 17.5. The van der Waals surface area contributed by atoms with E-state index in [1.807, 2.05) is 6.92 Å². The monoisotopic (exact) mass is 335 g/mol. The van der Waals surface area contributed by atoms with Gasteiger partial charge in [0.15, 0.2) is 0 Å². The number of hydrogen-bond donors (Lipinski definition) is 2. The molecule has 130 valence electrons. The van der Waals surface area contributed by atoms with E-state index < -0.39 is 0 Å². The summed E-state index contributed by atoms with van der Waals surface area (Å²) in [5.41, 5.74) is 7.17. The Hall–Kier alpha value is -2.41. The molecule has 1 aliphatic heterocycles. The van der Waals surface area contributed by atoms with Crippen LogP contribution in [-0.2, 0) is 11.2 Å². The second-order valence-electron chi connectivity index (χ2n) is 5.51. The number of nitrogens with zero attached hydrogens (tertiary/aromatic N) is 1. The number of halogens is 1.